The summed E-state index contributed by atoms with van der Waals surface area (Å²) in [6.07, 6.45) is 1.27. The Labute approximate surface area is 97.3 Å². The summed E-state index contributed by atoms with van der Waals surface area (Å²) in [5.41, 5.74) is 0.00751. The summed E-state index contributed by atoms with van der Waals surface area (Å²) in [7, 11) is 1.39. The van der Waals surface area contributed by atoms with Gasteiger partial charge in [0.2, 0.25) is 5.75 Å². The van der Waals surface area contributed by atoms with Crippen molar-refractivity contribution in [3.05, 3.63) is 62.9 Å². The van der Waals surface area contributed by atoms with E-state index in [-0.39, 0.29) is 12.3 Å². The molecule has 0 radical (unpaired) electrons. The topological polar surface area (TPSA) is 64.1 Å². The first-order chi connectivity index (χ1) is 8.22. The zero-order valence-corrected chi connectivity index (χ0v) is 9.34. The average molecular weight is 232 g/mol. The first-order valence-electron chi connectivity index (χ1n) is 5.13. The maximum Gasteiger partial charge on any atom is 0.328 e. The lowest BCUT2D eigenvalue weighted by molar-refractivity contribution is 0.399. The van der Waals surface area contributed by atoms with Gasteiger partial charge in [-0.15, -0.1) is 0 Å². The van der Waals surface area contributed by atoms with Crippen LogP contribution < -0.4 is 16.0 Å². The van der Waals surface area contributed by atoms with E-state index >= 15 is 0 Å². The first kappa shape index (κ1) is 11.2. The highest BCUT2D eigenvalue weighted by molar-refractivity contribution is 5.17. The van der Waals surface area contributed by atoms with E-state index < -0.39 is 11.2 Å². The summed E-state index contributed by atoms with van der Waals surface area (Å²) in [5, 5.41) is 0. The highest BCUT2D eigenvalue weighted by atomic mass is 16.5. The predicted octanol–water partition coefficient (Wildman–Crippen LogP) is 0.594. The molecular formula is C12H12N2O3. The SMILES string of the molecule is COc1c[nH]c(=O)n(Cc2ccccc2)c1=O. The molecule has 88 valence electrons. The number of nitrogens with one attached hydrogen (secondary N) is 1. The second-order valence-electron chi connectivity index (χ2n) is 3.54. The van der Waals surface area contributed by atoms with Gasteiger partial charge in [0, 0.05) is 0 Å². The van der Waals surface area contributed by atoms with E-state index in [1.165, 1.54) is 13.3 Å². The average Bonchev–Trinajstić information content (AvgIpc) is 2.36. The number of methoxy groups -OCH3 is 1. The van der Waals surface area contributed by atoms with Gasteiger partial charge < -0.3 is 9.72 Å². The van der Waals surface area contributed by atoms with E-state index in [4.69, 9.17) is 4.74 Å². The molecule has 0 spiro atoms. The molecule has 17 heavy (non-hydrogen) atoms. The van der Waals surface area contributed by atoms with Crippen molar-refractivity contribution >= 4 is 0 Å². The zero-order valence-electron chi connectivity index (χ0n) is 9.34. The summed E-state index contributed by atoms with van der Waals surface area (Å²) < 4.78 is 5.98. The van der Waals surface area contributed by atoms with Gasteiger partial charge in [0.1, 0.15) is 0 Å². The molecule has 0 bridgehead atoms. The molecule has 1 aromatic carbocycles. The Bertz CT molecular complexity index is 614. The molecule has 0 saturated heterocycles. The fourth-order valence-electron chi connectivity index (χ4n) is 1.55. The van der Waals surface area contributed by atoms with Gasteiger partial charge in [-0.1, -0.05) is 30.3 Å². The molecule has 0 atom stereocenters. The second-order valence-corrected chi connectivity index (χ2v) is 3.54. The largest absolute Gasteiger partial charge is 0.490 e. The third-order valence-corrected chi connectivity index (χ3v) is 2.43. The van der Waals surface area contributed by atoms with E-state index in [0.29, 0.717) is 0 Å². The van der Waals surface area contributed by atoms with Crippen LogP contribution in [0.4, 0.5) is 0 Å². The minimum absolute atomic E-state index is 0.125. The number of hydrogen-bond donors (Lipinski definition) is 1. The summed E-state index contributed by atoms with van der Waals surface area (Å²) in [6.45, 7) is 0.228. The summed E-state index contributed by atoms with van der Waals surface area (Å²) in [6, 6.07) is 9.29. The van der Waals surface area contributed by atoms with E-state index in [9.17, 15) is 9.59 Å². The number of benzene rings is 1. The number of H-pyrrole nitrogens is 1. The minimum atomic E-state index is -0.445. The van der Waals surface area contributed by atoms with Crippen LogP contribution in [0.3, 0.4) is 0 Å². The third-order valence-electron chi connectivity index (χ3n) is 2.43. The van der Waals surface area contributed by atoms with Crippen molar-refractivity contribution in [2.45, 2.75) is 6.54 Å². The zero-order chi connectivity index (χ0) is 12.3. The molecule has 2 rings (SSSR count). The molecule has 0 unspecified atom stereocenters. The summed E-state index contributed by atoms with van der Waals surface area (Å²) in [5.74, 6) is 0.125. The van der Waals surface area contributed by atoms with Crippen LogP contribution in [0.1, 0.15) is 5.56 Å². The number of aromatic amines is 1. The lowest BCUT2D eigenvalue weighted by atomic mass is 10.2. The van der Waals surface area contributed by atoms with Crippen LogP contribution >= 0.6 is 0 Å². The van der Waals surface area contributed by atoms with Crippen molar-refractivity contribution in [2.24, 2.45) is 0 Å². The van der Waals surface area contributed by atoms with Crippen molar-refractivity contribution in [2.75, 3.05) is 7.11 Å². The number of aromatic nitrogens is 2. The van der Waals surface area contributed by atoms with Gasteiger partial charge in [-0.25, -0.2) is 4.79 Å². The molecule has 0 amide bonds. The Morgan fingerprint density at radius 1 is 1.24 bits per heavy atom. The molecule has 5 nitrogen and oxygen atoms in total. The van der Waals surface area contributed by atoms with Crippen LogP contribution in [-0.4, -0.2) is 16.7 Å². The quantitative estimate of drug-likeness (QED) is 0.842. The van der Waals surface area contributed by atoms with Crippen LogP contribution in [-0.2, 0) is 6.54 Å². The number of hydrogen-bond acceptors (Lipinski definition) is 3. The van der Waals surface area contributed by atoms with Crippen molar-refractivity contribution in [1.82, 2.24) is 9.55 Å². The fraction of sp³-hybridized carbons (Fsp3) is 0.167. The van der Waals surface area contributed by atoms with Gasteiger partial charge >= 0.3 is 5.69 Å². The Balaban J connectivity index is 2.46. The Morgan fingerprint density at radius 3 is 2.59 bits per heavy atom. The molecular weight excluding hydrogens is 220 g/mol. The van der Waals surface area contributed by atoms with Gasteiger partial charge in [0.05, 0.1) is 19.9 Å². The van der Waals surface area contributed by atoms with E-state index in [0.717, 1.165) is 10.1 Å². The standard InChI is InChI=1S/C12H12N2O3/c1-17-10-7-13-12(16)14(11(10)15)8-9-5-3-2-4-6-9/h2-7H,8H2,1H3,(H,13,16). The second kappa shape index (κ2) is 4.69. The van der Waals surface area contributed by atoms with Gasteiger partial charge in [-0.2, -0.15) is 0 Å². The van der Waals surface area contributed by atoms with Gasteiger partial charge in [0.25, 0.3) is 5.56 Å². The molecule has 2 aromatic rings. The number of rotatable bonds is 3. The molecule has 1 N–H and O–H groups in total. The Hall–Kier alpha value is -2.30. The van der Waals surface area contributed by atoms with Crippen molar-refractivity contribution in [1.29, 1.82) is 0 Å². The summed E-state index contributed by atoms with van der Waals surface area (Å²) >= 11 is 0. The molecule has 0 aliphatic heterocycles. The molecule has 1 aromatic heterocycles. The monoisotopic (exact) mass is 232 g/mol. The van der Waals surface area contributed by atoms with Crippen LogP contribution in [0.15, 0.2) is 46.1 Å². The van der Waals surface area contributed by atoms with E-state index in [1.54, 1.807) is 0 Å². The predicted molar refractivity (Wildman–Crippen MR) is 63.4 cm³/mol. The maximum atomic E-state index is 11.8. The maximum absolute atomic E-state index is 11.8. The van der Waals surface area contributed by atoms with Crippen molar-refractivity contribution < 1.29 is 4.74 Å². The lowest BCUT2D eigenvalue weighted by Crippen LogP contribution is -2.35. The molecule has 1 heterocycles. The van der Waals surface area contributed by atoms with Crippen LogP contribution in [0, 0.1) is 0 Å². The molecule has 0 saturated carbocycles. The highest BCUT2D eigenvalue weighted by Gasteiger charge is 2.07. The molecule has 0 aliphatic rings. The third kappa shape index (κ3) is 2.28. The van der Waals surface area contributed by atoms with Crippen LogP contribution in [0.2, 0.25) is 0 Å². The minimum Gasteiger partial charge on any atom is -0.490 e. The van der Waals surface area contributed by atoms with Crippen LogP contribution in [0.25, 0.3) is 0 Å². The van der Waals surface area contributed by atoms with Gasteiger partial charge in [-0.3, -0.25) is 9.36 Å². The van der Waals surface area contributed by atoms with Gasteiger partial charge in [-0.05, 0) is 5.56 Å². The van der Waals surface area contributed by atoms with E-state index in [1.807, 2.05) is 30.3 Å². The molecule has 0 fully saturated rings. The normalized spacial score (nSPS) is 10.2. The van der Waals surface area contributed by atoms with Gasteiger partial charge in [0.15, 0.2) is 0 Å². The first-order valence-corrected chi connectivity index (χ1v) is 5.13. The lowest BCUT2D eigenvalue weighted by Gasteiger charge is -2.06. The molecule has 5 heteroatoms. The number of nitrogens with zero attached hydrogens (tertiary/aromatic N) is 1. The molecule has 0 aliphatic carbocycles. The number of ether oxygens (including phenoxy) is 1. The Morgan fingerprint density at radius 2 is 1.94 bits per heavy atom. The summed E-state index contributed by atoms with van der Waals surface area (Å²) in [4.78, 5) is 25.9. The Kier molecular flexibility index (Phi) is 3.09. The van der Waals surface area contributed by atoms with Crippen molar-refractivity contribution in [3.63, 3.8) is 0 Å². The van der Waals surface area contributed by atoms with Crippen LogP contribution in [0.5, 0.6) is 5.75 Å². The smallest absolute Gasteiger partial charge is 0.328 e. The van der Waals surface area contributed by atoms with E-state index in [2.05, 4.69) is 4.98 Å². The van der Waals surface area contributed by atoms with Crippen molar-refractivity contribution in [3.8, 4) is 5.75 Å². The fourth-order valence-corrected chi connectivity index (χ4v) is 1.55. The highest BCUT2D eigenvalue weighted by Crippen LogP contribution is 2.00.